The van der Waals surface area contributed by atoms with Gasteiger partial charge in [-0.1, -0.05) is 46.3 Å². The summed E-state index contributed by atoms with van der Waals surface area (Å²) in [7, 11) is -3.51. The summed E-state index contributed by atoms with van der Waals surface area (Å²) in [5, 5.41) is 0.0838. The third-order valence-corrected chi connectivity index (χ3v) is 9.28. The number of carbonyl (C=O) groups excluding carboxylic acids is 1. The summed E-state index contributed by atoms with van der Waals surface area (Å²) >= 11 is 0. The molecule has 0 unspecified atom stereocenters. The van der Waals surface area contributed by atoms with Crippen molar-refractivity contribution >= 4 is 22.4 Å². The summed E-state index contributed by atoms with van der Waals surface area (Å²) in [5.74, 6) is 2.66. The van der Waals surface area contributed by atoms with Crippen LogP contribution in [0.25, 0.3) is 0 Å². The Morgan fingerprint density at radius 2 is 1.64 bits per heavy atom. The summed E-state index contributed by atoms with van der Waals surface area (Å²) in [6, 6.07) is 0. The van der Waals surface area contributed by atoms with Crippen LogP contribution < -0.4 is 0 Å². The molecule has 0 bridgehead atoms. The molecule has 0 fully saturated rings. The first kappa shape index (κ1) is 21.4. The van der Waals surface area contributed by atoms with Gasteiger partial charge >= 0.3 is 5.97 Å². The van der Waals surface area contributed by atoms with E-state index in [1.165, 1.54) is 0 Å². The first-order chi connectivity index (χ1) is 9.71. The second-order valence-corrected chi connectivity index (χ2v) is 17.9. The third-order valence-electron chi connectivity index (χ3n) is 3.93. The summed E-state index contributed by atoms with van der Waals surface area (Å²) in [6.07, 6.45) is -0.383. The fourth-order valence-corrected chi connectivity index (χ4v) is 3.26. The number of carbonyl (C=O) groups is 1. The average molecular weight is 343 g/mol. The smallest absolute Gasteiger partial charge is 0.312 e. The molecule has 0 N–H and O–H groups in total. The zero-order valence-corrected chi connectivity index (χ0v) is 18.1. The normalized spacial score (nSPS) is 15.5. The minimum absolute atomic E-state index is 0.0838. The molecule has 0 radical (unpaired) electrons. The molecule has 0 aliphatic carbocycles. The zero-order valence-electron chi connectivity index (χ0n) is 16.1. The monoisotopic (exact) mass is 342 g/mol. The molecule has 128 valence electrons. The van der Waals surface area contributed by atoms with Crippen molar-refractivity contribution in [3.8, 4) is 11.5 Å². The lowest BCUT2D eigenvalue weighted by molar-refractivity contribution is -0.149. The first-order valence-corrected chi connectivity index (χ1v) is 14.5. The summed E-state index contributed by atoms with van der Waals surface area (Å²) < 4.78 is 11.6. The van der Waals surface area contributed by atoms with E-state index in [9.17, 15) is 4.79 Å². The average Bonchev–Trinajstić information content (AvgIpc) is 2.31. The van der Waals surface area contributed by atoms with Crippen molar-refractivity contribution in [2.45, 2.75) is 78.5 Å². The Labute approximate surface area is 139 Å². The molecule has 0 heterocycles. The van der Waals surface area contributed by atoms with Crippen molar-refractivity contribution in [3.05, 3.63) is 0 Å². The minimum Gasteiger partial charge on any atom is -0.466 e. The predicted molar refractivity (Wildman–Crippen MR) is 99.0 cm³/mol. The highest BCUT2D eigenvalue weighted by molar-refractivity contribution is 6.83. The summed E-state index contributed by atoms with van der Waals surface area (Å²) in [6.45, 7) is 21.6. The molecule has 0 spiro atoms. The lowest BCUT2D eigenvalue weighted by Gasteiger charge is -2.39. The maximum Gasteiger partial charge on any atom is 0.312 e. The molecule has 0 saturated heterocycles. The maximum atomic E-state index is 12.1. The summed E-state index contributed by atoms with van der Waals surface area (Å²) in [4.78, 5) is 12.1. The van der Waals surface area contributed by atoms with Crippen LogP contribution in [0, 0.1) is 17.4 Å². The van der Waals surface area contributed by atoms with E-state index < -0.39 is 16.4 Å². The molecule has 22 heavy (non-hydrogen) atoms. The van der Waals surface area contributed by atoms with Crippen LogP contribution in [0.4, 0.5) is 0 Å². The number of rotatable bonds is 5. The molecule has 2 atom stereocenters. The van der Waals surface area contributed by atoms with Crippen LogP contribution in [0.15, 0.2) is 0 Å². The molecule has 0 rings (SSSR count). The number of esters is 1. The fraction of sp³-hybridized carbons (Fsp3) is 0.824. The van der Waals surface area contributed by atoms with Crippen molar-refractivity contribution < 1.29 is 14.0 Å². The van der Waals surface area contributed by atoms with E-state index in [1.54, 1.807) is 0 Å². The Bertz CT molecular complexity index is 434. The number of hydrogen-bond donors (Lipinski definition) is 0. The molecular weight excluding hydrogens is 308 g/mol. The Morgan fingerprint density at radius 1 is 1.14 bits per heavy atom. The fourth-order valence-electron chi connectivity index (χ4n) is 1.44. The van der Waals surface area contributed by atoms with Crippen LogP contribution in [-0.2, 0) is 14.0 Å². The second kappa shape index (κ2) is 7.80. The van der Waals surface area contributed by atoms with Gasteiger partial charge in [0.05, 0.1) is 12.5 Å². The maximum absolute atomic E-state index is 12.1. The van der Waals surface area contributed by atoms with Crippen molar-refractivity contribution in [2.24, 2.45) is 5.92 Å². The molecular formula is C17H34O3Si2. The van der Waals surface area contributed by atoms with Crippen LogP contribution in [0.5, 0.6) is 0 Å². The van der Waals surface area contributed by atoms with Crippen LogP contribution in [0.1, 0.15) is 34.6 Å². The van der Waals surface area contributed by atoms with E-state index in [-0.39, 0.29) is 23.0 Å². The molecule has 0 aromatic carbocycles. The van der Waals surface area contributed by atoms with Crippen LogP contribution in [0.3, 0.4) is 0 Å². The number of hydrogen-bond acceptors (Lipinski definition) is 3. The molecule has 0 amide bonds. The third kappa shape index (κ3) is 7.12. The van der Waals surface area contributed by atoms with Gasteiger partial charge in [0.1, 0.15) is 14.2 Å². The molecule has 5 heteroatoms. The first-order valence-electron chi connectivity index (χ1n) is 8.08. The summed E-state index contributed by atoms with van der Waals surface area (Å²) in [5.41, 5.74) is 3.35. The van der Waals surface area contributed by atoms with Gasteiger partial charge in [0, 0.05) is 0 Å². The van der Waals surface area contributed by atoms with Gasteiger partial charge < -0.3 is 9.16 Å². The van der Waals surface area contributed by atoms with E-state index in [1.807, 2.05) is 13.8 Å². The quantitative estimate of drug-likeness (QED) is 0.420. The van der Waals surface area contributed by atoms with Gasteiger partial charge in [-0.3, -0.25) is 4.79 Å². The molecule has 0 aromatic rings. The van der Waals surface area contributed by atoms with E-state index in [0.717, 1.165) is 0 Å². The molecule has 0 aliphatic rings. The highest BCUT2D eigenvalue weighted by atomic mass is 28.4. The minimum atomic E-state index is -1.99. The zero-order chi connectivity index (χ0) is 17.8. The van der Waals surface area contributed by atoms with Gasteiger partial charge in [-0.2, -0.15) is 0 Å². The van der Waals surface area contributed by atoms with E-state index >= 15 is 0 Å². The number of ether oxygens (including phenoxy) is 1. The van der Waals surface area contributed by atoms with E-state index in [0.29, 0.717) is 6.61 Å². The Balaban J connectivity index is 5.43. The Morgan fingerprint density at radius 3 is 2.00 bits per heavy atom. The van der Waals surface area contributed by atoms with Gasteiger partial charge in [-0.05, 0) is 32.0 Å². The topological polar surface area (TPSA) is 35.5 Å². The van der Waals surface area contributed by atoms with Crippen LogP contribution >= 0.6 is 0 Å². The van der Waals surface area contributed by atoms with Gasteiger partial charge in [0.2, 0.25) is 0 Å². The highest BCUT2D eigenvalue weighted by Crippen LogP contribution is 2.38. The standard InChI is InChI=1S/C17H34O3Si2/c1-11-19-16(18)14(2)15(12-13-21(6,7)8)20-22(9,10)17(3,4)5/h14-15H,11H2,1-10H3/t14-,15-/m0/s1. The Hall–Kier alpha value is -0.576. The largest absolute Gasteiger partial charge is 0.466 e. The molecule has 3 nitrogen and oxygen atoms in total. The lowest BCUT2D eigenvalue weighted by Crippen LogP contribution is -2.46. The molecule has 0 aliphatic heterocycles. The van der Waals surface area contributed by atoms with Crippen molar-refractivity contribution in [3.63, 3.8) is 0 Å². The van der Waals surface area contributed by atoms with Crippen LogP contribution in [0.2, 0.25) is 37.8 Å². The van der Waals surface area contributed by atoms with Gasteiger partial charge in [0.15, 0.2) is 8.32 Å². The van der Waals surface area contributed by atoms with Crippen molar-refractivity contribution in [1.29, 1.82) is 0 Å². The van der Waals surface area contributed by atoms with Crippen molar-refractivity contribution in [1.82, 2.24) is 0 Å². The Kier molecular flexibility index (Phi) is 7.60. The van der Waals surface area contributed by atoms with Crippen LogP contribution in [-0.4, -0.2) is 35.1 Å². The van der Waals surface area contributed by atoms with Gasteiger partial charge in [-0.15, -0.1) is 5.54 Å². The van der Waals surface area contributed by atoms with E-state index in [4.69, 9.17) is 9.16 Å². The lowest BCUT2D eigenvalue weighted by atomic mass is 10.1. The van der Waals surface area contributed by atoms with E-state index in [2.05, 4.69) is 65.0 Å². The van der Waals surface area contributed by atoms with Gasteiger partial charge in [-0.25, -0.2) is 0 Å². The van der Waals surface area contributed by atoms with Crippen molar-refractivity contribution in [2.75, 3.05) is 6.61 Å². The SMILES string of the molecule is CCOC(=O)[C@@H](C)[C@H](C#C[Si](C)(C)C)O[Si](C)(C)C(C)(C)C. The molecule has 0 aromatic heterocycles. The predicted octanol–water partition coefficient (Wildman–Crippen LogP) is 4.46. The molecule has 0 saturated carbocycles. The highest BCUT2D eigenvalue weighted by Gasteiger charge is 2.41. The van der Waals surface area contributed by atoms with Gasteiger partial charge in [0.25, 0.3) is 0 Å². The second-order valence-electron chi connectivity index (χ2n) is 8.36.